The van der Waals surface area contributed by atoms with Crippen molar-refractivity contribution in [1.82, 2.24) is 0 Å². The minimum Gasteiger partial charge on any atom is -0.204 e. The van der Waals surface area contributed by atoms with Gasteiger partial charge in [-0.3, -0.25) is 0 Å². The third-order valence-corrected chi connectivity index (χ3v) is 7.09. The highest BCUT2D eigenvalue weighted by molar-refractivity contribution is 5.31. The number of aryl methyl sites for hydroxylation is 1. The summed E-state index contributed by atoms with van der Waals surface area (Å²) >= 11 is 0. The molecule has 4 rings (SSSR count). The SMILES string of the molecule is CC1CCC2CC(C3CCc4cc(F)c(F)cc4C3)CCC2C1. The molecule has 2 fully saturated rings. The highest BCUT2D eigenvalue weighted by atomic mass is 19.2. The molecule has 5 atom stereocenters. The van der Waals surface area contributed by atoms with E-state index in [2.05, 4.69) is 6.92 Å². The number of rotatable bonds is 1. The van der Waals surface area contributed by atoms with Gasteiger partial charge in [0, 0.05) is 0 Å². The molecule has 0 aromatic heterocycles. The molecule has 0 bridgehead atoms. The molecule has 126 valence electrons. The first-order valence-electron chi connectivity index (χ1n) is 9.57. The predicted octanol–water partition coefficient (Wildman–Crippen LogP) is 5.92. The van der Waals surface area contributed by atoms with E-state index in [1.165, 1.54) is 50.7 Å². The average molecular weight is 318 g/mol. The third-order valence-electron chi connectivity index (χ3n) is 7.09. The van der Waals surface area contributed by atoms with Gasteiger partial charge in [-0.15, -0.1) is 0 Å². The fourth-order valence-corrected chi connectivity index (χ4v) is 5.77. The number of hydrogen-bond donors (Lipinski definition) is 0. The number of halogens is 2. The molecule has 1 aromatic carbocycles. The first-order valence-corrected chi connectivity index (χ1v) is 9.57. The van der Waals surface area contributed by atoms with Crippen molar-refractivity contribution in [2.24, 2.45) is 29.6 Å². The molecule has 0 nitrogen and oxygen atoms in total. The fraction of sp³-hybridized carbons (Fsp3) is 0.714. The van der Waals surface area contributed by atoms with Gasteiger partial charge in [0.15, 0.2) is 11.6 Å². The van der Waals surface area contributed by atoms with E-state index in [0.717, 1.165) is 54.1 Å². The summed E-state index contributed by atoms with van der Waals surface area (Å²) < 4.78 is 27.0. The topological polar surface area (TPSA) is 0 Å². The van der Waals surface area contributed by atoms with Crippen LogP contribution >= 0.6 is 0 Å². The van der Waals surface area contributed by atoms with Crippen molar-refractivity contribution in [2.75, 3.05) is 0 Å². The van der Waals surface area contributed by atoms with E-state index >= 15 is 0 Å². The van der Waals surface area contributed by atoms with Crippen LogP contribution < -0.4 is 0 Å². The molecule has 3 aliphatic rings. The van der Waals surface area contributed by atoms with Crippen LogP contribution in [0.15, 0.2) is 12.1 Å². The average Bonchev–Trinajstić information content (AvgIpc) is 2.55. The first-order chi connectivity index (χ1) is 11.1. The molecular weight excluding hydrogens is 290 g/mol. The van der Waals surface area contributed by atoms with Crippen molar-refractivity contribution in [3.05, 3.63) is 34.9 Å². The molecule has 2 saturated carbocycles. The molecule has 1 aromatic rings. The molecule has 0 N–H and O–H groups in total. The Morgan fingerprint density at radius 2 is 1.35 bits per heavy atom. The Morgan fingerprint density at radius 3 is 2.13 bits per heavy atom. The van der Waals surface area contributed by atoms with Crippen molar-refractivity contribution >= 4 is 0 Å². The Morgan fingerprint density at radius 1 is 0.739 bits per heavy atom. The number of benzene rings is 1. The summed E-state index contributed by atoms with van der Waals surface area (Å²) in [5, 5.41) is 0. The summed E-state index contributed by atoms with van der Waals surface area (Å²) in [6, 6.07) is 2.89. The largest absolute Gasteiger partial charge is 0.204 e. The van der Waals surface area contributed by atoms with Crippen LogP contribution in [0.3, 0.4) is 0 Å². The highest BCUT2D eigenvalue weighted by Crippen LogP contribution is 2.48. The third kappa shape index (κ3) is 3.06. The van der Waals surface area contributed by atoms with Gasteiger partial charge in [0.2, 0.25) is 0 Å². The van der Waals surface area contributed by atoms with Crippen molar-refractivity contribution in [2.45, 2.75) is 64.7 Å². The van der Waals surface area contributed by atoms with E-state index in [4.69, 9.17) is 0 Å². The van der Waals surface area contributed by atoms with Crippen LogP contribution in [0.2, 0.25) is 0 Å². The quantitative estimate of drug-likeness (QED) is 0.602. The molecule has 0 heterocycles. The maximum Gasteiger partial charge on any atom is 0.159 e. The summed E-state index contributed by atoms with van der Waals surface area (Å²) in [6.07, 6.45) is 11.5. The molecular formula is C21H28F2. The smallest absolute Gasteiger partial charge is 0.159 e. The minimum absolute atomic E-state index is 0.672. The molecule has 0 saturated heterocycles. The Bertz CT molecular complexity index is 579. The zero-order valence-electron chi connectivity index (χ0n) is 14.2. The Kier molecular flexibility index (Phi) is 4.19. The summed E-state index contributed by atoms with van der Waals surface area (Å²) in [4.78, 5) is 0. The van der Waals surface area contributed by atoms with E-state index in [1.54, 1.807) is 0 Å². The second-order valence-corrected chi connectivity index (χ2v) is 8.55. The summed E-state index contributed by atoms with van der Waals surface area (Å²) in [5.74, 6) is 2.98. The van der Waals surface area contributed by atoms with E-state index in [0.29, 0.717) is 5.92 Å². The van der Waals surface area contributed by atoms with E-state index < -0.39 is 11.6 Å². The van der Waals surface area contributed by atoms with Crippen molar-refractivity contribution in [3.8, 4) is 0 Å². The lowest BCUT2D eigenvalue weighted by Crippen LogP contribution is -2.34. The van der Waals surface area contributed by atoms with Crippen LogP contribution in [0.4, 0.5) is 8.78 Å². The first kappa shape index (κ1) is 15.6. The van der Waals surface area contributed by atoms with Crippen LogP contribution in [0.5, 0.6) is 0 Å². The maximum absolute atomic E-state index is 13.6. The molecule has 2 heteroatoms. The van der Waals surface area contributed by atoms with Crippen molar-refractivity contribution in [3.63, 3.8) is 0 Å². The van der Waals surface area contributed by atoms with Crippen LogP contribution in [-0.2, 0) is 12.8 Å². The van der Waals surface area contributed by atoms with Gasteiger partial charge in [-0.05, 0) is 104 Å². The molecule has 0 radical (unpaired) electrons. The molecule has 0 aliphatic heterocycles. The van der Waals surface area contributed by atoms with Crippen LogP contribution in [0.25, 0.3) is 0 Å². The van der Waals surface area contributed by atoms with E-state index in [9.17, 15) is 8.78 Å². The summed E-state index contributed by atoms with van der Waals surface area (Å²) in [7, 11) is 0. The van der Waals surface area contributed by atoms with Gasteiger partial charge in [0.25, 0.3) is 0 Å². The highest BCUT2D eigenvalue weighted by Gasteiger charge is 2.37. The molecule has 0 spiro atoms. The van der Waals surface area contributed by atoms with Crippen LogP contribution in [-0.4, -0.2) is 0 Å². The normalized spacial score (nSPS) is 37.1. The zero-order valence-corrected chi connectivity index (χ0v) is 14.2. The lowest BCUT2D eigenvalue weighted by Gasteiger charge is -2.44. The minimum atomic E-state index is -0.681. The van der Waals surface area contributed by atoms with E-state index in [1.807, 2.05) is 0 Å². The lowest BCUT2D eigenvalue weighted by molar-refractivity contribution is 0.0757. The van der Waals surface area contributed by atoms with Gasteiger partial charge in [-0.1, -0.05) is 13.3 Å². The summed E-state index contributed by atoms with van der Waals surface area (Å²) in [6.45, 7) is 2.41. The van der Waals surface area contributed by atoms with Gasteiger partial charge in [0.1, 0.15) is 0 Å². The van der Waals surface area contributed by atoms with Gasteiger partial charge in [-0.2, -0.15) is 0 Å². The van der Waals surface area contributed by atoms with Gasteiger partial charge in [0.05, 0.1) is 0 Å². The Labute approximate surface area is 138 Å². The Balaban J connectivity index is 1.44. The van der Waals surface area contributed by atoms with E-state index in [-0.39, 0.29) is 0 Å². The molecule has 5 unspecified atom stereocenters. The van der Waals surface area contributed by atoms with Gasteiger partial charge in [-0.25, -0.2) is 8.78 Å². The van der Waals surface area contributed by atoms with Crippen LogP contribution in [0.1, 0.15) is 63.0 Å². The monoisotopic (exact) mass is 318 g/mol. The number of hydrogen-bond acceptors (Lipinski definition) is 0. The zero-order chi connectivity index (χ0) is 16.0. The second-order valence-electron chi connectivity index (χ2n) is 8.55. The summed E-state index contributed by atoms with van der Waals surface area (Å²) in [5.41, 5.74) is 2.11. The Hall–Kier alpha value is -0.920. The lowest BCUT2D eigenvalue weighted by atomic mass is 9.61. The standard InChI is InChI=1S/C21H28F2/c1-13-2-3-15-9-16(5-4-14(15)8-13)17-6-7-18-11-20(22)21(23)12-19(18)10-17/h11-17H,2-10H2,1H3. The van der Waals surface area contributed by atoms with Gasteiger partial charge >= 0.3 is 0 Å². The second kappa shape index (κ2) is 6.18. The number of fused-ring (bicyclic) bond motifs is 2. The van der Waals surface area contributed by atoms with Crippen LogP contribution in [0, 0.1) is 41.2 Å². The van der Waals surface area contributed by atoms with Crippen molar-refractivity contribution < 1.29 is 8.78 Å². The molecule has 0 amide bonds. The predicted molar refractivity (Wildman–Crippen MR) is 89.2 cm³/mol. The maximum atomic E-state index is 13.6. The fourth-order valence-electron chi connectivity index (χ4n) is 5.77. The van der Waals surface area contributed by atoms with Crippen molar-refractivity contribution in [1.29, 1.82) is 0 Å². The van der Waals surface area contributed by atoms with Gasteiger partial charge < -0.3 is 0 Å². The molecule has 3 aliphatic carbocycles. The molecule has 23 heavy (non-hydrogen) atoms.